The molecule has 0 aliphatic heterocycles. The van der Waals surface area contributed by atoms with E-state index in [4.69, 9.17) is 0 Å². The first-order valence-corrected chi connectivity index (χ1v) is 10.3. The van der Waals surface area contributed by atoms with Gasteiger partial charge in [-0.2, -0.15) is 0 Å². The molecule has 30 heavy (non-hydrogen) atoms. The number of para-hydroxylation sites is 1. The number of phenolic OH excluding ortho intramolecular Hbond substituents is 1. The first-order chi connectivity index (χ1) is 14.8. The number of phenols is 1. The molecule has 0 amide bonds. The number of aromatic nitrogens is 6. The lowest BCUT2D eigenvalue weighted by molar-refractivity contribution is 0.480. The smallest absolute Gasteiger partial charge is 0.196 e. The number of nitrogens with zero attached hydrogens (tertiary/aromatic N) is 6. The first kappa shape index (κ1) is 18.3. The fraction of sp³-hybridized carbons (Fsp3) is 0.0455. The number of benzene rings is 2. The molecule has 7 nitrogen and oxygen atoms in total. The highest BCUT2D eigenvalue weighted by Gasteiger charge is 2.18. The van der Waals surface area contributed by atoms with E-state index in [1.54, 1.807) is 42.6 Å². The second kappa shape index (κ2) is 7.92. The molecule has 0 saturated carbocycles. The molecule has 0 atom stereocenters. The summed E-state index contributed by atoms with van der Waals surface area (Å²) in [5.41, 5.74) is 3.26. The maximum Gasteiger partial charge on any atom is 0.196 e. The molecule has 5 rings (SSSR count). The van der Waals surface area contributed by atoms with E-state index in [0.717, 1.165) is 21.8 Å². The SMILES string of the molecule is Oc1ccc(CSc2nnc(-c3cnccn3)n2-c2ccccc2)c2cccnc12. The highest BCUT2D eigenvalue weighted by atomic mass is 32.2. The Hall–Kier alpha value is -3.78. The van der Waals surface area contributed by atoms with Gasteiger partial charge in [0, 0.05) is 35.4 Å². The van der Waals surface area contributed by atoms with Gasteiger partial charge in [-0.05, 0) is 29.8 Å². The normalized spacial score (nSPS) is 11.1. The summed E-state index contributed by atoms with van der Waals surface area (Å²) in [5, 5.41) is 20.6. The fourth-order valence-corrected chi connectivity index (χ4v) is 4.19. The lowest BCUT2D eigenvalue weighted by Crippen LogP contribution is -2.01. The summed E-state index contributed by atoms with van der Waals surface area (Å²) in [4.78, 5) is 12.8. The molecule has 0 radical (unpaired) electrons. The fourth-order valence-electron chi connectivity index (χ4n) is 3.24. The van der Waals surface area contributed by atoms with Crippen LogP contribution in [0.25, 0.3) is 28.1 Å². The zero-order valence-corrected chi connectivity index (χ0v) is 16.6. The van der Waals surface area contributed by atoms with E-state index in [0.29, 0.717) is 22.8 Å². The minimum absolute atomic E-state index is 0.178. The van der Waals surface area contributed by atoms with Crippen molar-refractivity contribution in [1.29, 1.82) is 0 Å². The van der Waals surface area contributed by atoms with Gasteiger partial charge in [0.05, 0.1) is 6.20 Å². The lowest BCUT2D eigenvalue weighted by Gasteiger charge is -2.10. The number of thioether (sulfide) groups is 1. The van der Waals surface area contributed by atoms with Gasteiger partial charge in [-0.1, -0.05) is 42.1 Å². The third-order valence-electron chi connectivity index (χ3n) is 4.64. The third kappa shape index (κ3) is 3.37. The molecule has 3 aromatic heterocycles. The van der Waals surface area contributed by atoms with Gasteiger partial charge in [-0.3, -0.25) is 14.5 Å². The first-order valence-electron chi connectivity index (χ1n) is 9.27. The van der Waals surface area contributed by atoms with Gasteiger partial charge < -0.3 is 5.11 Å². The number of fused-ring (bicyclic) bond motifs is 1. The molecule has 5 aromatic rings. The molecular weight excluding hydrogens is 396 g/mol. The summed E-state index contributed by atoms with van der Waals surface area (Å²) in [7, 11) is 0. The van der Waals surface area contributed by atoms with Crippen molar-refractivity contribution < 1.29 is 5.11 Å². The van der Waals surface area contributed by atoms with Gasteiger partial charge in [0.2, 0.25) is 0 Å². The number of hydrogen-bond donors (Lipinski definition) is 1. The van der Waals surface area contributed by atoms with Gasteiger partial charge in [-0.15, -0.1) is 10.2 Å². The molecule has 0 unspecified atom stereocenters. The van der Waals surface area contributed by atoms with E-state index >= 15 is 0 Å². The van der Waals surface area contributed by atoms with Crippen molar-refractivity contribution in [1.82, 2.24) is 29.7 Å². The van der Waals surface area contributed by atoms with E-state index in [1.165, 1.54) is 0 Å². The minimum atomic E-state index is 0.178. The van der Waals surface area contributed by atoms with Crippen LogP contribution < -0.4 is 0 Å². The Balaban J connectivity index is 1.55. The standard InChI is InChI=1S/C22H16N6OS/c29-19-9-8-15(17-7-4-10-25-20(17)19)14-30-22-27-26-21(18-13-23-11-12-24-18)28(22)16-5-2-1-3-6-16/h1-13,29H,14H2. The van der Waals surface area contributed by atoms with Crippen LogP contribution >= 0.6 is 11.8 Å². The maximum atomic E-state index is 10.1. The molecule has 2 aromatic carbocycles. The molecule has 0 aliphatic rings. The predicted molar refractivity (Wildman–Crippen MR) is 115 cm³/mol. The van der Waals surface area contributed by atoms with Crippen molar-refractivity contribution in [3.63, 3.8) is 0 Å². The van der Waals surface area contributed by atoms with Gasteiger partial charge >= 0.3 is 0 Å². The number of hydrogen-bond acceptors (Lipinski definition) is 7. The van der Waals surface area contributed by atoms with Gasteiger partial charge in [0.1, 0.15) is 17.0 Å². The second-order valence-electron chi connectivity index (χ2n) is 6.50. The van der Waals surface area contributed by atoms with Crippen LogP contribution in [0.2, 0.25) is 0 Å². The van der Waals surface area contributed by atoms with Gasteiger partial charge in [0.25, 0.3) is 0 Å². The summed E-state index contributed by atoms with van der Waals surface area (Å²) in [6, 6.07) is 17.4. The van der Waals surface area contributed by atoms with E-state index in [9.17, 15) is 5.11 Å². The molecule has 0 spiro atoms. The van der Waals surface area contributed by atoms with Gasteiger partial charge in [0.15, 0.2) is 11.0 Å². The molecule has 0 fully saturated rings. The van der Waals surface area contributed by atoms with Crippen LogP contribution in [-0.2, 0) is 5.75 Å². The van der Waals surface area contributed by atoms with Crippen molar-refractivity contribution in [2.45, 2.75) is 10.9 Å². The highest BCUT2D eigenvalue weighted by Crippen LogP contribution is 2.32. The molecule has 1 N–H and O–H groups in total. The summed E-state index contributed by atoms with van der Waals surface area (Å²) >= 11 is 1.56. The Kier molecular flexibility index (Phi) is 4.82. The molecule has 8 heteroatoms. The van der Waals surface area contributed by atoms with E-state index in [1.807, 2.05) is 53.1 Å². The second-order valence-corrected chi connectivity index (χ2v) is 7.44. The number of aromatic hydroxyl groups is 1. The van der Waals surface area contributed by atoms with Gasteiger partial charge in [-0.25, -0.2) is 4.98 Å². The van der Waals surface area contributed by atoms with Crippen LogP contribution in [0.1, 0.15) is 5.56 Å². The Bertz CT molecular complexity index is 1310. The average molecular weight is 412 g/mol. The van der Waals surface area contributed by atoms with E-state index in [-0.39, 0.29) is 5.75 Å². The van der Waals surface area contributed by atoms with Crippen molar-refractivity contribution in [2.75, 3.05) is 0 Å². The van der Waals surface area contributed by atoms with Crippen molar-refractivity contribution in [3.05, 3.63) is 84.9 Å². The average Bonchev–Trinajstić information content (AvgIpc) is 3.24. The molecular formula is C22H16N6OS. The zero-order valence-electron chi connectivity index (χ0n) is 15.8. The third-order valence-corrected chi connectivity index (χ3v) is 5.61. The molecule has 0 saturated heterocycles. The molecule has 0 aliphatic carbocycles. The van der Waals surface area contributed by atoms with Crippen LogP contribution in [0.5, 0.6) is 5.75 Å². The Morgan fingerprint density at radius 3 is 2.60 bits per heavy atom. The zero-order chi connectivity index (χ0) is 20.3. The Morgan fingerprint density at radius 1 is 0.867 bits per heavy atom. The molecule has 0 bridgehead atoms. The maximum absolute atomic E-state index is 10.1. The minimum Gasteiger partial charge on any atom is -0.506 e. The van der Waals surface area contributed by atoms with Crippen molar-refractivity contribution in [2.24, 2.45) is 0 Å². The highest BCUT2D eigenvalue weighted by molar-refractivity contribution is 7.98. The van der Waals surface area contributed by atoms with Crippen molar-refractivity contribution >= 4 is 22.7 Å². The monoisotopic (exact) mass is 412 g/mol. The summed E-state index contributed by atoms with van der Waals surface area (Å²) in [6.07, 6.45) is 6.63. The van der Waals surface area contributed by atoms with E-state index in [2.05, 4.69) is 25.1 Å². The van der Waals surface area contributed by atoms with E-state index < -0.39 is 0 Å². The quantitative estimate of drug-likeness (QED) is 0.431. The van der Waals surface area contributed by atoms with Crippen LogP contribution in [-0.4, -0.2) is 34.8 Å². The van der Waals surface area contributed by atoms with Crippen LogP contribution in [0.3, 0.4) is 0 Å². The largest absolute Gasteiger partial charge is 0.506 e. The number of pyridine rings is 1. The van der Waals surface area contributed by atoms with Crippen LogP contribution in [0, 0.1) is 0 Å². The number of rotatable bonds is 5. The lowest BCUT2D eigenvalue weighted by atomic mass is 10.1. The Morgan fingerprint density at radius 2 is 1.77 bits per heavy atom. The Labute approximate surface area is 176 Å². The van der Waals surface area contributed by atoms with Crippen LogP contribution in [0.15, 0.2) is 84.5 Å². The molecule has 3 heterocycles. The summed E-state index contributed by atoms with van der Waals surface area (Å²) in [6.45, 7) is 0. The van der Waals surface area contributed by atoms with Crippen molar-refractivity contribution in [3.8, 4) is 23.0 Å². The summed E-state index contributed by atoms with van der Waals surface area (Å²) in [5.74, 6) is 1.46. The molecule has 146 valence electrons. The predicted octanol–water partition coefficient (Wildman–Crippen LogP) is 4.27. The summed E-state index contributed by atoms with van der Waals surface area (Å²) < 4.78 is 1.98. The van der Waals surface area contributed by atoms with Crippen LogP contribution in [0.4, 0.5) is 0 Å². The topological polar surface area (TPSA) is 89.6 Å².